The van der Waals surface area contributed by atoms with E-state index in [0.29, 0.717) is 0 Å². The minimum absolute atomic E-state index is 0.208. The third-order valence-corrected chi connectivity index (χ3v) is 11.4. The van der Waals surface area contributed by atoms with Crippen molar-refractivity contribution in [2.45, 2.75) is 78.9 Å². The van der Waals surface area contributed by atoms with E-state index in [0.717, 1.165) is 18.3 Å². The van der Waals surface area contributed by atoms with Gasteiger partial charge < -0.3 is 4.74 Å². The van der Waals surface area contributed by atoms with Gasteiger partial charge in [-0.1, -0.05) is 86.7 Å². The van der Waals surface area contributed by atoms with Gasteiger partial charge in [-0.2, -0.15) is 0 Å². The molecule has 0 saturated heterocycles. The molecular formula is C38H39OS+. The fourth-order valence-corrected chi connectivity index (χ4v) is 9.45. The molecule has 1 fully saturated rings. The van der Waals surface area contributed by atoms with Crippen LogP contribution in [0.2, 0.25) is 0 Å². The molecule has 5 aromatic carbocycles. The van der Waals surface area contributed by atoms with Crippen LogP contribution in [0.4, 0.5) is 0 Å². The van der Waals surface area contributed by atoms with E-state index in [-0.39, 0.29) is 10.9 Å². The summed E-state index contributed by atoms with van der Waals surface area (Å²) in [6, 6.07) is 36.5. The molecule has 1 nitrogen and oxygen atoms in total. The topological polar surface area (TPSA) is 9.23 Å². The highest BCUT2D eigenvalue weighted by Gasteiger charge is 2.35. The van der Waals surface area contributed by atoms with Crippen LogP contribution in [0, 0.1) is 5.92 Å². The first-order valence-electron chi connectivity index (χ1n) is 15.3. The highest BCUT2D eigenvalue weighted by Crippen LogP contribution is 2.42. The van der Waals surface area contributed by atoms with E-state index in [1.807, 2.05) is 0 Å². The summed E-state index contributed by atoms with van der Waals surface area (Å²) in [5.74, 6) is 1.87. The van der Waals surface area contributed by atoms with Crippen molar-refractivity contribution in [3.8, 4) is 5.75 Å². The first-order chi connectivity index (χ1) is 19.8. The van der Waals surface area contributed by atoms with Crippen LogP contribution in [-0.4, -0.2) is 6.61 Å². The van der Waals surface area contributed by atoms with Gasteiger partial charge >= 0.3 is 0 Å². The van der Waals surface area contributed by atoms with E-state index in [1.54, 1.807) is 11.1 Å². The number of fused-ring (bicyclic) bond motifs is 3. The third kappa shape index (κ3) is 5.15. The summed E-state index contributed by atoms with van der Waals surface area (Å²) < 4.78 is 6.52. The molecule has 1 unspecified atom stereocenters. The van der Waals surface area contributed by atoms with Crippen molar-refractivity contribution in [1.29, 1.82) is 0 Å². The Morgan fingerprint density at radius 2 is 1.43 bits per heavy atom. The van der Waals surface area contributed by atoms with Crippen LogP contribution in [-0.2, 0) is 23.7 Å². The number of rotatable bonds is 7. The zero-order valence-electron chi connectivity index (χ0n) is 23.4. The second-order valence-corrected chi connectivity index (χ2v) is 13.6. The van der Waals surface area contributed by atoms with E-state index in [1.165, 1.54) is 100 Å². The first-order valence-corrected chi connectivity index (χ1v) is 16.6. The summed E-state index contributed by atoms with van der Waals surface area (Å²) in [5.41, 5.74) is 3.14. The van der Waals surface area contributed by atoms with Gasteiger partial charge in [0.25, 0.3) is 0 Å². The van der Waals surface area contributed by atoms with Gasteiger partial charge in [0.05, 0.1) is 6.61 Å². The zero-order chi connectivity index (χ0) is 26.7. The molecule has 0 spiro atoms. The van der Waals surface area contributed by atoms with E-state index in [2.05, 4.69) is 97.1 Å². The highest BCUT2D eigenvalue weighted by atomic mass is 32.2. The molecule has 0 aliphatic heterocycles. The molecule has 7 rings (SSSR count). The maximum Gasteiger partial charge on any atom is 0.174 e. The van der Waals surface area contributed by atoms with Gasteiger partial charge in [0.2, 0.25) is 0 Å². The molecule has 0 heterocycles. The summed E-state index contributed by atoms with van der Waals surface area (Å²) in [4.78, 5) is 4.31. The second-order valence-electron chi connectivity index (χ2n) is 11.7. The molecule has 0 N–H and O–H groups in total. The van der Waals surface area contributed by atoms with E-state index in [9.17, 15) is 0 Å². The lowest BCUT2D eigenvalue weighted by molar-refractivity contribution is 0.248. The largest absolute Gasteiger partial charge is 0.493 e. The molecule has 5 aromatic rings. The molecule has 2 aliphatic rings. The lowest BCUT2D eigenvalue weighted by Gasteiger charge is -2.22. The van der Waals surface area contributed by atoms with Gasteiger partial charge in [0, 0.05) is 22.4 Å². The van der Waals surface area contributed by atoms with Crippen LogP contribution in [0.5, 0.6) is 5.75 Å². The summed E-state index contributed by atoms with van der Waals surface area (Å²) >= 11 is 0. The van der Waals surface area contributed by atoms with Crippen molar-refractivity contribution in [3.63, 3.8) is 0 Å². The third-order valence-electron chi connectivity index (χ3n) is 9.10. The maximum atomic E-state index is 6.52. The quantitative estimate of drug-likeness (QED) is 0.186. The van der Waals surface area contributed by atoms with Crippen LogP contribution in [0.15, 0.2) is 112 Å². The fraction of sp³-hybridized carbons (Fsp3) is 0.316. The van der Waals surface area contributed by atoms with Crippen LogP contribution in [0.1, 0.15) is 62.5 Å². The average Bonchev–Trinajstić information content (AvgIpc) is 3.02. The molecule has 0 amide bonds. The molecule has 0 radical (unpaired) electrons. The van der Waals surface area contributed by atoms with Gasteiger partial charge in [-0.15, -0.1) is 0 Å². The summed E-state index contributed by atoms with van der Waals surface area (Å²) in [5, 5.41) is 5.18. The lowest BCUT2D eigenvalue weighted by Crippen LogP contribution is -2.13. The minimum atomic E-state index is -0.208. The molecule has 0 aromatic heterocycles. The number of aryl methyl sites for hydroxylation is 1. The summed E-state index contributed by atoms with van der Waals surface area (Å²) in [6.45, 7) is 0.816. The minimum Gasteiger partial charge on any atom is -0.493 e. The Morgan fingerprint density at radius 3 is 2.33 bits per heavy atom. The molecule has 0 bridgehead atoms. The van der Waals surface area contributed by atoms with E-state index < -0.39 is 0 Å². The molecule has 2 aliphatic carbocycles. The molecule has 202 valence electrons. The van der Waals surface area contributed by atoms with Crippen molar-refractivity contribution in [2.75, 3.05) is 6.61 Å². The average molecular weight is 544 g/mol. The number of benzene rings is 5. The fourth-order valence-electron chi connectivity index (χ4n) is 6.96. The second kappa shape index (κ2) is 11.7. The molecule has 40 heavy (non-hydrogen) atoms. The Labute approximate surface area is 241 Å². The normalized spacial score (nSPS) is 16.6. The lowest BCUT2D eigenvalue weighted by atomic mass is 9.87. The Morgan fingerprint density at radius 1 is 0.625 bits per heavy atom. The Kier molecular flexibility index (Phi) is 7.53. The Hall–Kier alpha value is -3.23. The van der Waals surface area contributed by atoms with Crippen molar-refractivity contribution >= 4 is 32.4 Å². The number of ether oxygens (including phenoxy) is 1. The predicted molar refractivity (Wildman–Crippen MR) is 170 cm³/mol. The van der Waals surface area contributed by atoms with E-state index in [4.69, 9.17) is 4.74 Å². The molecule has 1 atom stereocenters. The van der Waals surface area contributed by atoms with Gasteiger partial charge in [-0.05, 0) is 90.8 Å². The number of hydrogen-bond donors (Lipinski definition) is 0. The SMILES string of the molecule is c1cc2c(c([S+](c3ccc4ccccc4c3)c3ccc(OCCC4CCCCC4)c4ccccc34)c1)CCCC2. The maximum absolute atomic E-state index is 6.52. The van der Waals surface area contributed by atoms with Crippen LogP contribution in [0.3, 0.4) is 0 Å². The van der Waals surface area contributed by atoms with Crippen molar-refractivity contribution in [2.24, 2.45) is 5.92 Å². The van der Waals surface area contributed by atoms with Gasteiger partial charge in [0.15, 0.2) is 14.7 Å². The standard InChI is InChI=1S/C38H39OS/c1-2-11-28(12-3-1)25-26-39-36-23-24-38(35-19-9-8-18-34(35)36)40(32-22-21-29-13-4-5-15-31(29)27-32)37-20-10-16-30-14-6-7-17-33(30)37/h4-5,8-10,13,15-16,18-24,27-28H,1-3,6-7,11-12,14,17,25-26H2/q+1. The smallest absolute Gasteiger partial charge is 0.174 e. The Balaban J connectivity index is 1.33. The van der Waals surface area contributed by atoms with Gasteiger partial charge in [-0.3, -0.25) is 0 Å². The van der Waals surface area contributed by atoms with Crippen molar-refractivity contribution in [3.05, 3.63) is 108 Å². The van der Waals surface area contributed by atoms with E-state index >= 15 is 0 Å². The highest BCUT2D eigenvalue weighted by molar-refractivity contribution is 7.97. The van der Waals surface area contributed by atoms with Crippen molar-refractivity contribution in [1.82, 2.24) is 0 Å². The predicted octanol–water partition coefficient (Wildman–Crippen LogP) is 10.3. The van der Waals surface area contributed by atoms with Crippen LogP contribution < -0.4 is 4.74 Å². The van der Waals surface area contributed by atoms with Crippen LogP contribution in [0.25, 0.3) is 21.5 Å². The monoisotopic (exact) mass is 543 g/mol. The van der Waals surface area contributed by atoms with Crippen molar-refractivity contribution < 1.29 is 4.74 Å². The molecule has 2 heteroatoms. The zero-order valence-corrected chi connectivity index (χ0v) is 24.2. The van der Waals surface area contributed by atoms with Crippen LogP contribution >= 0.6 is 0 Å². The Bertz CT molecular complexity index is 1630. The molecule has 1 saturated carbocycles. The summed E-state index contributed by atoms with van der Waals surface area (Å²) in [7, 11) is -0.208. The summed E-state index contributed by atoms with van der Waals surface area (Å²) in [6.07, 6.45) is 13.1. The first kappa shape index (κ1) is 25.7. The van der Waals surface area contributed by atoms with Gasteiger partial charge in [0.1, 0.15) is 16.6 Å². The molecular weight excluding hydrogens is 504 g/mol. The number of hydrogen-bond acceptors (Lipinski definition) is 1. The van der Waals surface area contributed by atoms with Gasteiger partial charge in [-0.25, -0.2) is 0 Å².